The number of halogens is 1. The van der Waals surface area contributed by atoms with Gasteiger partial charge in [-0.1, -0.05) is 0 Å². The monoisotopic (exact) mass is 288 g/mol. The lowest BCUT2D eigenvalue weighted by atomic mass is 10.1. The van der Waals surface area contributed by atoms with Crippen LogP contribution in [0.4, 0.5) is 4.39 Å². The van der Waals surface area contributed by atoms with Crippen LogP contribution in [0.1, 0.15) is 21.5 Å². The van der Waals surface area contributed by atoms with Gasteiger partial charge in [0, 0.05) is 16.7 Å². The normalized spacial score (nSPS) is 13.2. The molecule has 0 N–H and O–H groups in total. The molecule has 108 valence electrons. The van der Waals surface area contributed by atoms with Gasteiger partial charge in [-0.3, -0.25) is 4.79 Å². The number of hydrogen-bond donors (Lipinski definition) is 0. The lowest BCUT2D eigenvalue weighted by Gasteiger charge is -2.21. The summed E-state index contributed by atoms with van der Waals surface area (Å²) in [6.45, 7) is 0.661. The third-order valence-corrected chi connectivity index (χ3v) is 3.16. The second kappa shape index (κ2) is 5.93. The van der Waals surface area contributed by atoms with Crippen LogP contribution in [-0.2, 0) is 18.0 Å². The van der Waals surface area contributed by atoms with E-state index in [-0.39, 0.29) is 19.2 Å². The maximum Gasteiger partial charge on any atom is 0.189 e. The molecule has 0 amide bonds. The van der Waals surface area contributed by atoms with E-state index < -0.39 is 0 Å². The van der Waals surface area contributed by atoms with Gasteiger partial charge >= 0.3 is 0 Å². The van der Waals surface area contributed by atoms with Gasteiger partial charge in [0.25, 0.3) is 0 Å². The first-order valence-corrected chi connectivity index (χ1v) is 6.46. The Bertz CT molecular complexity index is 652. The average Bonchev–Trinajstić information content (AvgIpc) is 2.53. The fraction of sp³-hybridized carbons (Fsp3) is 0.188. The van der Waals surface area contributed by atoms with Crippen molar-refractivity contribution in [3.63, 3.8) is 0 Å². The third kappa shape index (κ3) is 3.03. The van der Waals surface area contributed by atoms with E-state index in [1.807, 2.05) is 0 Å². The van der Waals surface area contributed by atoms with Crippen molar-refractivity contribution in [2.45, 2.75) is 13.2 Å². The molecule has 1 heterocycles. The van der Waals surface area contributed by atoms with Crippen LogP contribution in [0.15, 0.2) is 36.4 Å². The molecule has 0 aromatic heterocycles. The van der Waals surface area contributed by atoms with E-state index in [0.717, 1.165) is 6.29 Å². The summed E-state index contributed by atoms with van der Waals surface area (Å²) in [6.07, 6.45) is 0.764. The molecule has 0 aliphatic carbocycles. The van der Waals surface area contributed by atoms with E-state index in [2.05, 4.69) is 0 Å². The Morgan fingerprint density at radius 1 is 1.24 bits per heavy atom. The van der Waals surface area contributed by atoms with Crippen LogP contribution in [0.25, 0.3) is 0 Å². The van der Waals surface area contributed by atoms with E-state index >= 15 is 0 Å². The van der Waals surface area contributed by atoms with Gasteiger partial charge < -0.3 is 14.2 Å². The van der Waals surface area contributed by atoms with Gasteiger partial charge in [0.1, 0.15) is 30.2 Å². The van der Waals surface area contributed by atoms with Crippen molar-refractivity contribution < 1.29 is 23.4 Å². The first-order valence-electron chi connectivity index (χ1n) is 6.46. The molecule has 0 saturated heterocycles. The zero-order chi connectivity index (χ0) is 14.7. The highest BCUT2D eigenvalue weighted by molar-refractivity contribution is 5.74. The van der Waals surface area contributed by atoms with Crippen molar-refractivity contribution in [2.24, 2.45) is 0 Å². The van der Waals surface area contributed by atoms with Crippen molar-refractivity contribution >= 4 is 6.29 Å². The minimum absolute atomic E-state index is 0.152. The SMILES string of the molecule is O=Cc1ccc(OCc2cc(F)cc3c2OCOC3)cc1. The number of hydrogen-bond acceptors (Lipinski definition) is 4. The number of fused-ring (bicyclic) bond motifs is 1. The first kappa shape index (κ1) is 13.6. The molecular weight excluding hydrogens is 275 g/mol. The molecule has 2 aromatic carbocycles. The minimum atomic E-state index is -0.349. The van der Waals surface area contributed by atoms with Crippen LogP contribution < -0.4 is 9.47 Å². The molecule has 0 atom stereocenters. The molecule has 0 radical (unpaired) electrons. The van der Waals surface area contributed by atoms with Crippen molar-refractivity contribution in [2.75, 3.05) is 6.79 Å². The Morgan fingerprint density at radius 2 is 2.05 bits per heavy atom. The van der Waals surface area contributed by atoms with Crippen LogP contribution >= 0.6 is 0 Å². The Labute approximate surface area is 121 Å². The quantitative estimate of drug-likeness (QED) is 0.811. The summed E-state index contributed by atoms with van der Waals surface area (Å²) < 4.78 is 29.7. The number of carbonyl (C=O) groups is 1. The van der Waals surface area contributed by atoms with Gasteiger partial charge in [-0.15, -0.1) is 0 Å². The molecule has 0 unspecified atom stereocenters. The number of ether oxygens (including phenoxy) is 3. The van der Waals surface area contributed by atoms with Crippen molar-refractivity contribution in [1.29, 1.82) is 0 Å². The van der Waals surface area contributed by atoms with Gasteiger partial charge in [-0.25, -0.2) is 4.39 Å². The molecule has 2 aromatic rings. The molecule has 0 fully saturated rings. The van der Waals surface area contributed by atoms with Crippen LogP contribution in [0.5, 0.6) is 11.5 Å². The summed E-state index contributed by atoms with van der Waals surface area (Å²) in [7, 11) is 0. The molecule has 1 aliphatic heterocycles. The molecule has 1 aliphatic rings. The summed E-state index contributed by atoms with van der Waals surface area (Å²) in [5.41, 5.74) is 1.88. The second-order valence-corrected chi connectivity index (χ2v) is 4.64. The van der Waals surface area contributed by atoms with Crippen molar-refractivity contribution in [3.8, 4) is 11.5 Å². The Balaban J connectivity index is 1.78. The van der Waals surface area contributed by atoms with Gasteiger partial charge in [0.2, 0.25) is 0 Å². The zero-order valence-electron chi connectivity index (χ0n) is 11.2. The summed E-state index contributed by atoms with van der Waals surface area (Å²) in [4.78, 5) is 10.6. The smallest absolute Gasteiger partial charge is 0.189 e. The standard InChI is InChI=1S/C16H13FO4/c17-14-5-12-8-19-10-21-16(12)13(6-14)9-20-15-3-1-11(7-18)2-4-15/h1-7H,8-10H2. The predicted octanol–water partition coefficient (Wildman–Crippen LogP) is 3.08. The summed E-state index contributed by atoms with van der Waals surface area (Å²) in [6, 6.07) is 9.50. The van der Waals surface area contributed by atoms with E-state index in [1.54, 1.807) is 24.3 Å². The van der Waals surface area contributed by atoms with E-state index in [1.165, 1.54) is 12.1 Å². The topological polar surface area (TPSA) is 44.8 Å². The van der Waals surface area contributed by atoms with E-state index in [9.17, 15) is 9.18 Å². The van der Waals surface area contributed by atoms with Crippen LogP contribution in [-0.4, -0.2) is 13.1 Å². The molecule has 3 rings (SSSR count). The average molecular weight is 288 g/mol. The van der Waals surface area contributed by atoms with Crippen LogP contribution in [0, 0.1) is 5.82 Å². The van der Waals surface area contributed by atoms with Gasteiger partial charge in [-0.05, 0) is 36.4 Å². The van der Waals surface area contributed by atoms with Gasteiger partial charge in [-0.2, -0.15) is 0 Å². The van der Waals surface area contributed by atoms with Crippen LogP contribution in [0.2, 0.25) is 0 Å². The number of rotatable bonds is 4. The Morgan fingerprint density at radius 3 is 2.81 bits per heavy atom. The predicted molar refractivity (Wildman–Crippen MR) is 72.8 cm³/mol. The Kier molecular flexibility index (Phi) is 3.83. The van der Waals surface area contributed by atoms with Crippen molar-refractivity contribution in [3.05, 3.63) is 58.9 Å². The van der Waals surface area contributed by atoms with E-state index in [0.29, 0.717) is 34.8 Å². The van der Waals surface area contributed by atoms with Gasteiger partial charge in [0.05, 0.1) is 6.61 Å². The fourth-order valence-electron chi connectivity index (χ4n) is 2.17. The second-order valence-electron chi connectivity index (χ2n) is 4.64. The van der Waals surface area contributed by atoms with Crippen molar-refractivity contribution in [1.82, 2.24) is 0 Å². The van der Waals surface area contributed by atoms with Crippen LogP contribution in [0.3, 0.4) is 0 Å². The Hall–Kier alpha value is -2.40. The maximum absolute atomic E-state index is 13.6. The molecule has 5 heteroatoms. The highest BCUT2D eigenvalue weighted by atomic mass is 19.1. The molecule has 0 spiro atoms. The maximum atomic E-state index is 13.6. The molecule has 21 heavy (non-hydrogen) atoms. The molecule has 0 bridgehead atoms. The lowest BCUT2D eigenvalue weighted by Crippen LogP contribution is -2.14. The van der Waals surface area contributed by atoms with E-state index in [4.69, 9.17) is 14.2 Å². The summed E-state index contributed by atoms with van der Waals surface area (Å²) in [5.74, 6) is 0.871. The molecular formula is C16H13FO4. The third-order valence-electron chi connectivity index (χ3n) is 3.16. The first-order chi connectivity index (χ1) is 10.3. The number of benzene rings is 2. The largest absolute Gasteiger partial charge is 0.489 e. The molecule has 4 nitrogen and oxygen atoms in total. The number of aldehydes is 1. The summed E-state index contributed by atoms with van der Waals surface area (Å²) >= 11 is 0. The minimum Gasteiger partial charge on any atom is -0.489 e. The fourth-order valence-corrected chi connectivity index (χ4v) is 2.17. The number of carbonyl (C=O) groups excluding carboxylic acids is 1. The highest BCUT2D eigenvalue weighted by Crippen LogP contribution is 2.30. The lowest BCUT2D eigenvalue weighted by molar-refractivity contribution is -0.0178. The summed E-state index contributed by atoms with van der Waals surface area (Å²) in [5, 5.41) is 0. The van der Waals surface area contributed by atoms with Gasteiger partial charge in [0.15, 0.2) is 6.79 Å². The highest BCUT2D eigenvalue weighted by Gasteiger charge is 2.17. The zero-order valence-corrected chi connectivity index (χ0v) is 11.2. The molecule has 0 saturated carbocycles.